The summed E-state index contributed by atoms with van der Waals surface area (Å²) in [5.74, 6) is 1.26. The molecule has 1 fully saturated rings. The molecule has 6 nitrogen and oxygen atoms in total. The lowest BCUT2D eigenvalue weighted by Gasteiger charge is -2.35. The van der Waals surface area contributed by atoms with E-state index in [-0.39, 0.29) is 12.2 Å². The summed E-state index contributed by atoms with van der Waals surface area (Å²) in [6, 6.07) is 3.94. The predicted molar refractivity (Wildman–Crippen MR) is 88.8 cm³/mol. The highest BCUT2D eigenvalue weighted by Gasteiger charge is 2.25. The zero-order valence-corrected chi connectivity index (χ0v) is 14.0. The summed E-state index contributed by atoms with van der Waals surface area (Å²) in [5, 5.41) is 0. The van der Waals surface area contributed by atoms with Gasteiger partial charge in [-0.15, -0.1) is 0 Å². The largest absolute Gasteiger partial charge is 0.480 e. The van der Waals surface area contributed by atoms with Crippen LogP contribution in [0.3, 0.4) is 0 Å². The number of ether oxygens (including phenoxy) is 2. The van der Waals surface area contributed by atoms with E-state index >= 15 is 0 Å². The first-order chi connectivity index (χ1) is 11.1. The fourth-order valence-corrected chi connectivity index (χ4v) is 2.92. The zero-order valence-electron chi connectivity index (χ0n) is 14.0. The minimum Gasteiger partial charge on any atom is -0.480 e. The maximum atomic E-state index is 5.77. The van der Waals surface area contributed by atoms with Crippen LogP contribution in [0, 0.1) is 6.92 Å². The van der Waals surface area contributed by atoms with Crippen LogP contribution in [0.5, 0.6) is 5.88 Å². The standard InChI is InChI=1S/C17H22N4O2/c1-11-7-14(5-6-18-11)15-8-19-17(20-16(15)22-4)21-9-12(2)23-13(3)10-21/h5-8,12-13H,9-10H2,1-4H3. The van der Waals surface area contributed by atoms with Crippen LogP contribution in [0.15, 0.2) is 24.5 Å². The molecule has 2 aromatic rings. The lowest BCUT2D eigenvalue weighted by atomic mass is 10.1. The number of hydrogen-bond acceptors (Lipinski definition) is 6. The summed E-state index contributed by atoms with van der Waals surface area (Å²) < 4.78 is 11.3. The van der Waals surface area contributed by atoms with E-state index in [2.05, 4.69) is 33.7 Å². The predicted octanol–water partition coefficient (Wildman–Crippen LogP) is 2.47. The maximum Gasteiger partial charge on any atom is 0.228 e. The van der Waals surface area contributed by atoms with E-state index in [1.54, 1.807) is 13.3 Å². The highest BCUT2D eigenvalue weighted by molar-refractivity contribution is 5.68. The maximum absolute atomic E-state index is 5.77. The molecule has 0 spiro atoms. The van der Waals surface area contributed by atoms with Crippen molar-refractivity contribution in [2.24, 2.45) is 0 Å². The average Bonchev–Trinajstić information content (AvgIpc) is 2.53. The highest BCUT2D eigenvalue weighted by atomic mass is 16.5. The van der Waals surface area contributed by atoms with Crippen LogP contribution in [0.4, 0.5) is 5.95 Å². The van der Waals surface area contributed by atoms with Crippen LogP contribution < -0.4 is 9.64 Å². The van der Waals surface area contributed by atoms with Crippen molar-refractivity contribution in [1.82, 2.24) is 15.0 Å². The first-order valence-corrected chi connectivity index (χ1v) is 7.81. The lowest BCUT2D eigenvalue weighted by molar-refractivity contribution is -0.00574. The van der Waals surface area contributed by atoms with Gasteiger partial charge in [-0.25, -0.2) is 4.98 Å². The van der Waals surface area contributed by atoms with E-state index in [0.29, 0.717) is 11.8 Å². The molecule has 0 aliphatic carbocycles. The van der Waals surface area contributed by atoms with Gasteiger partial charge in [0.2, 0.25) is 11.8 Å². The minimum atomic E-state index is 0.163. The highest BCUT2D eigenvalue weighted by Crippen LogP contribution is 2.29. The molecule has 122 valence electrons. The second kappa shape index (κ2) is 6.50. The van der Waals surface area contributed by atoms with Gasteiger partial charge in [0.1, 0.15) is 0 Å². The number of hydrogen-bond donors (Lipinski definition) is 0. The van der Waals surface area contributed by atoms with Crippen molar-refractivity contribution in [1.29, 1.82) is 0 Å². The normalized spacial score (nSPS) is 21.3. The summed E-state index contributed by atoms with van der Waals surface area (Å²) in [4.78, 5) is 15.5. The summed E-state index contributed by atoms with van der Waals surface area (Å²) in [6.07, 6.45) is 3.93. The van der Waals surface area contributed by atoms with Crippen LogP contribution in [0.2, 0.25) is 0 Å². The van der Waals surface area contributed by atoms with Crippen molar-refractivity contribution in [3.63, 3.8) is 0 Å². The number of nitrogens with zero attached hydrogens (tertiary/aromatic N) is 4. The topological polar surface area (TPSA) is 60.4 Å². The molecule has 2 unspecified atom stereocenters. The molecule has 0 saturated carbocycles. The number of aromatic nitrogens is 3. The van der Waals surface area contributed by atoms with E-state index in [9.17, 15) is 0 Å². The van der Waals surface area contributed by atoms with Crippen molar-refractivity contribution in [2.45, 2.75) is 33.0 Å². The Morgan fingerprint density at radius 1 is 1.22 bits per heavy atom. The Balaban J connectivity index is 1.93. The number of methoxy groups -OCH3 is 1. The van der Waals surface area contributed by atoms with Crippen LogP contribution in [0.1, 0.15) is 19.5 Å². The molecule has 1 saturated heterocycles. The molecule has 2 atom stereocenters. The van der Waals surface area contributed by atoms with Gasteiger partial charge in [0, 0.05) is 31.2 Å². The monoisotopic (exact) mass is 314 g/mol. The Kier molecular flexibility index (Phi) is 4.43. The summed E-state index contributed by atoms with van der Waals surface area (Å²) in [6.45, 7) is 7.64. The Labute approximate surface area is 136 Å². The number of anilines is 1. The van der Waals surface area contributed by atoms with E-state index < -0.39 is 0 Å². The molecule has 0 N–H and O–H groups in total. The molecule has 3 heterocycles. The van der Waals surface area contributed by atoms with E-state index in [1.807, 2.05) is 25.3 Å². The molecule has 23 heavy (non-hydrogen) atoms. The Bertz CT molecular complexity index is 682. The van der Waals surface area contributed by atoms with Crippen molar-refractivity contribution in [3.05, 3.63) is 30.2 Å². The quantitative estimate of drug-likeness (QED) is 0.867. The molecule has 0 aromatic carbocycles. The van der Waals surface area contributed by atoms with Crippen molar-refractivity contribution in [3.8, 4) is 17.0 Å². The molecule has 0 radical (unpaired) electrons. The van der Waals surface area contributed by atoms with Gasteiger partial charge in [-0.3, -0.25) is 4.98 Å². The van der Waals surface area contributed by atoms with Crippen LogP contribution in [-0.2, 0) is 4.74 Å². The van der Waals surface area contributed by atoms with Gasteiger partial charge in [0.25, 0.3) is 0 Å². The van der Waals surface area contributed by atoms with E-state index in [0.717, 1.165) is 29.9 Å². The first-order valence-electron chi connectivity index (χ1n) is 7.81. The van der Waals surface area contributed by atoms with Gasteiger partial charge < -0.3 is 14.4 Å². The Morgan fingerprint density at radius 2 is 1.96 bits per heavy atom. The average molecular weight is 314 g/mol. The molecule has 2 aromatic heterocycles. The van der Waals surface area contributed by atoms with Gasteiger partial charge in [-0.05, 0) is 38.5 Å². The summed E-state index contributed by atoms with van der Waals surface area (Å²) in [5.41, 5.74) is 2.82. The SMILES string of the molecule is COc1nc(N2CC(C)OC(C)C2)ncc1-c1ccnc(C)c1. The van der Waals surface area contributed by atoms with Gasteiger partial charge in [-0.1, -0.05) is 0 Å². The van der Waals surface area contributed by atoms with Crippen molar-refractivity contribution < 1.29 is 9.47 Å². The fourth-order valence-electron chi connectivity index (χ4n) is 2.92. The minimum absolute atomic E-state index is 0.163. The summed E-state index contributed by atoms with van der Waals surface area (Å²) >= 11 is 0. The van der Waals surface area contributed by atoms with E-state index in [1.165, 1.54) is 0 Å². The lowest BCUT2D eigenvalue weighted by Crippen LogP contribution is -2.46. The molecule has 3 rings (SSSR count). The fraction of sp³-hybridized carbons (Fsp3) is 0.471. The van der Waals surface area contributed by atoms with E-state index in [4.69, 9.17) is 9.47 Å². The first kappa shape index (κ1) is 15.7. The molecule has 6 heteroatoms. The van der Waals surface area contributed by atoms with Gasteiger partial charge in [-0.2, -0.15) is 4.98 Å². The molecular weight excluding hydrogens is 292 g/mol. The molecule has 0 amide bonds. The number of pyridine rings is 1. The molecule has 1 aliphatic rings. The number of morpholine rings is 1. The smallest absolute Gasteiger partial charge is 0.228 e. The van der Waals surface area contributed by atoms with Crippen molar-refractivity contribution in [2.75, 3.05) is 25.1 Å². The van der Waals surface area contributed by atoms with Gasteiger partial charge in [0.15, 0.2) is 0 Å². The Hall–Kier alpha value is -2.21. The molecular formula is C17H22N4O2. The third-order valence-electron chi connectivity index (χ3n) is 3.84. The molecule has 0 bridgehead atoms. The van der Waals surface area contributed by atoms with Crippen LogP contribution in [0.25, 0.3) is 11.1 Å². The van der Waals surface area contributed by atoms with Gasteiger partial charge >= 0.3 is 0 Å². The van der Waals surface area contributed by atoms with Crippen LogP contribution >= 0.6 is 0 Å². The second-order valence-corrected chi connectivity index (χ2v) is 5.94. The number of aryl methyl sites for hydroxylation is 1. The molecule has 1 aliphatic heterocycles. The van der Waals surface area contributed by atoms with Crippen molar-refractivity contribution >= 4 is 5.95 Å². The summed E-state index contributed by atoms with van der Waals surface area (Å²) in [7, 11) is 1.63. The zero-order chi connectivity index (χ0) is 16.4. The Morgan fingerprint density at radius 3 is 2.61 bits per heavy atom. The third-order valence-corrected chi connectivity index (χ3v) is 3.84. The second-order valence-electron chi connectivity index (χ2n) is 5.94. The number of rotatable bonds is 3. The third kappa shape index (κ3) is 3.42. The van der Waals surface area contributed by atoms with Crippen LogP contribution in [-0.4, -0.2) is 47.4 Å². The van der Waals surface area contributed by atoms with Gasteiger partial charge in [0.05, 0.1) is 24.9 Å².